The first-order valence-corrected chi connectivity index (χ1v) is 7.26. The summed E-state index contributed by atoms with van der Waals surface area (Å²) in [6.07, 6.45) is 9.82. The van der Waals surface area contributed by atoms with Crippen molar-refractivity contribution in [1.82, 2.24) is 10.6 Å². The quantitative estimate of drug-likeness (QED) is 0.340. The van der Waals surface area contributed by atoms with Gasteiger partial charge in [0, 0.05) is 19.6 Å². The molecule has 0 bridgehead atoms. The molecule has 2 unspecified atom stereocenters. The van der Waals surface area contributed by atoms with Crippen molar-refractivity contribution >= 4 is 29.9 Å². The van der Waals surface area contributed by atoms with Gasteiger partial charge in [0.1, 0.15) is 0 Å². The van der Waals surface area contributed by atoms with E-state index in [9.17, 15) is 0 Å². The Bertz CT molecular complexity index is 262. The highest BCUT2D eigenvalue weighted by molar-refractivity contribution is 14.0. The molecule has 2 rings (SSSR count). The van der Waals surface area contributed by atoms with Crippen molar-refractivity contribution in [3.8, 4) is 0 Å². The van der Waals surface area contributed by atoms with Crippen LogP contribution in [0.3, 0.4) is 0 Å². The molecule has 2 aliphatic carbocycles. The molecular formula is C14H28IN3. The average Bonchev–Trinajstić information content (AvgIpc) is 2.83. The SMILES string of the molecule is CN=C(NCCCC1CCCC1)NC1CC1C.I. The number of halogens is 1. The zero-order chi connectivity index (χ0) is 12.1. The lowest BCUT2D eigenvalue weighted by molar-refractivity contribution is 0.481. The van der Waals surface area contributed by atoms with Gasteiger partial charge >= 0.3 is 0 Å². The van der Waals surface area contributed by atoms with Crippen molar-refractivity contribution in [2.24, 2.45) is 16.8 Å². The van der Waals surface area contributed by atoms with E-state index in [1.165, 1.54) is 44.9 Å². The summed E-state index contributed by atoms with van der Waals surface area (Å²) in [5.41, 5.74) is 0. The van der Waals surface area contributed by atoms with Gasteiger partial charge in [-0.1, -0.05) is 32.6 Å². The molecular weight excluding hydrogens is 337 g/mol. The molecule has 2 saturated carbocycles. The number of nitrogens with one attached hydrogen (secondary N) is 2. The van der Waals surface area contributed by atoms with E-state index in [1.54, 1.807) is 0 Å². The summed E-state index contributed by atoms with van der Waals surface area (Å²) in [6.45, 7) is 3.35. The normalized spacial score (nSPS) is 27.8. The Morgan fingerprint density at radius 3 is 2.50 bits per heavy atom. The topological polar surface area (TPSA) is 36.4 Å². The van der Waals surface area contributed by atoms with Gasteiger partial charge in [0.2, 0.25) is 0 Å². The van der Waals surface area contributed by atoms with Gasteiger partial charge < -0.3 is 10.6 Å². The largest absolute Gasteiger partial charge is 0.356 e. The highest BCUT2D eigenvalue weighted by atomic mass is 127. The van der Waals surface area contributed by atoms with Gasteiger partial charge in [0.15, 0.2) is 5.96 Å². The summed E-state index contributed by atoms with van der Waals surface area (Å²) in [5, 5.41) is 6.88. The van der Waals surface area contributed by atoms with Crippen molar-refractivity contribution in [1.29, 1.82) is 0 Å². The Morgan fingerprint density at radius 2 is 1.94 bits per heavy atom. The highest BCUT2D eigenvalue weighted by Crippen LogP contribution is 2.29. The van der Waals surface area contributed by atoms with Crippen LogP contribution in [0.5, 0.6) is 0 Å². The first kappa shape index (κ1) is 16.1. The minimum absolute atomic E-state index is 0. The molecule has 0 aromatic heterocycles. The summed E-state index contributed by atoms with van der Waals surface area (Å²) in [5.74, 6) is 2.83. The molecule has 0 radical (unpaired) electrons. The lowest BCUT2D eigenvalue weighted by atomic mass is 10.0. The van der Waals surface area contributed by atoms with E-state index in [0.717, 1.165) is 24.3 Å². The Kier molecular flexibility index (Phi) is 7.34. The van der Waals surface area contributed by atoms with E-state index in [2.05, 4.69) is 22.5 Å². The fourth-order valence-electron chi connectivity index (χ4n) is 2.79. The Labute approximate surface area is 129 Å². The molecule has 2 aliphatic rings. The van der Waals surface area contributed by atoms with Crippen molar-refractivity contribution in [3.05, 3.63) is 0 Å². The fraction of sp³-hybridized carbons (Fsp3) is 0.929. The van der Waals surface area contributed by atoms with Gasteiger partial charge in [0.25, 0.3) is 0 Å². The molecule has 106 valence electrons. The van der Waals surface area contributed by atoms with Crippen LogP contribution in [-0.2, 0) is 0 Å². The zero-order valence-corrected chi connectivity index (χ0v) is 14.1. The smallest absolute Gasteiger partial charge is 0.191 e. The van der Waals surface area contributed by atoms with Gasteiger partial charge in [-0.3, -0.25) is 4.99 Å². The predicted octanol–water partition coefficient (Wildman–Crippen LogP) is 3.15. The standard InChI is InChI=1S/C14H27N3.HI/c1-11-10-13(11)17-14(15-2)16-9-5-8-12-6-3-4-7-12;/h11-13H,3-10H2,1-2H3,(H2,15,16,17);1H. The lowest BCUT2D eigenvalue weighted by Crippen LogP contribution is -2.39. The summed E-state index contributed by atoms with van der Waals surface area (Å²) in [4.78, 5) is 4.27. The van der Waals surface area contributed by atoms with E-state index in [1.807, 2.05) is 7.05 Å². The maximum atomic E-state index is 4.27. The van der Waals surface area contributed by atoms with Crippen LogP contribution in [0, 0.1) is 11.8 Å². The third-order valence-corrected chi connectivity index (χ3v) is 4.21. The Hall–Kier alpha value is 0. The first-order valence-electron chi connectivity index (χ1n) is 7.26. The van der Waals surface area contributed by atoms with Crippen LogP contribution in [0.4, 0.5) is 0 Å². The van der Waals surface area contributed by atoms with Gasteiger partial charge in [-0.05, 0) is 31.1 Å². The maximum Gasteiger partial charge on any atom is 0.191 e. The van der Waals surface area contributed by atoms with Crippen molar-refractivity contribution in [2.75, 3.05) is 13.6 Å². The monoisotopic (exact) mass is 365 g/mol. The third-order valence-electron chi connectivity index (χ3n) is 4.21. The molecule has 0 heterocycles. The van der Waals surface area contributed by atoms with E-state index in [0.29, 0.717) is 6.04 Å². The summed E-state index contributed by atoms with van der Waals surface area (Å²) in [6, 6.07) is 0.663. The number of hydrogen-bond acceptors (Lipinski definition) is 1. The average molecular weight is 365 g/mol. The third kappa shape index (κ3) is 5.33. The van der Waals surface area contributed by atoms with Crippen LogP contribution in [0.25, 0.3) is 0 Å². The first-order chi connectivity index (χ1) is 8.29. The molecule has 0 aromatic rings. The summed E-state index contributed by atoms with van der Waals surface area (Å²) >= 11 is 0. The van der Waals surface area contributed by atoms with E-state index >= 15 is 0 Å². The molecule has 0 aromatic carbocycles. The Morgan fingerprint density at radius 1 is 1.28 bits per heavy atom. The van der Waals surface area contributed by atoms with Crippen LogP contribution in [0.2, 0.25) is 0 Å². The van der Waals surface area contributed by atoms with E-state index < -0.39 is 0 Å². The predicted molar refractivity (Wildman–Crippen MR) is 88.7 cm³/mol. The van der Waals surface area contributed by atoms with Crippen LogP contribution in [-0.4, -0.2) is 25.6 Å². The van der Waals surface area contributed by atoms with Crippen LogP contribution >= 0.6 is 24.0 Å². The Balaban J connectivity index is 0.00000162. The lowest BCUT2D eigenvalue weighted by Gasteiger charge is -2.13. The van der Waals surface area contributed by atoms with Crippen LogP contribution in [0.1, 0.15) is 51.9 Å². The number of aliphatic imine (C=N–C) groups is 1. The van der Waals surface area contributed by atoms with Crippen LogP contribution in [0.15, 0.2) is 4.99 Å². The van der Waals surface area contributed by atoms with Gasteiger partial charge in [-0.2, -0.15) is 0 Å². The van der Waals surface area contributed by atoms with Crippen molar-refractivity contribution < 1.29 is 0 Å². The minimum atomic E-state index is 0. The molecule has 2 atom stereocenters. The van der Waals surface area contributed by atoms with Crippen LogP contribution < -0.4 is 10.6 Å². The number of rotatable bonds is 5. The molecule has 18 heavy (non-hydrogen) atoms. The zero-order valence-electron chi connectivity index (χ0n) is 11.7. The number of nitrogens with zero attached hydrogens (tertiary/aromatic N) is 1. The molecule has 2 N–H and O–H groups in total. The number of hydrogen-bond donors (Lipinski definition) is 2. The molecule has 0 spiro atoms. The van der Waals surface area contributed by atoms with Gasteiger partial charge in [0.05, 0.1) is 0 Å². The fourth-order valence-corrected chi connectivity index (χ4v) is 2.79. The highest BCUT2D eigenvalue weighted by Gasteiger charge is 2.33. The van der Waals surface area contributed by atoms with Crippen molar-refractivity contribution in [3.63, 3.8) is 0 Å². The molecule has 0 amide bonds. The minimum Gasteiger partial charge on any atom is -0.356 e. The van der Waals surface area contributed by atoms with E-state index in [-0.39, 0.29) is 24.0 Å². The number of guanidine groups is 1. The van der Waals surface area contributed by atoms with Gasteiger partial charge in [-0.25, -0.2) is 0 Å². The summed E-state index contributed by atoms with van der Waals surface area (Å²) < 4.78 is 0. The molecule has 0 aliphatic heterocycles. The van der Waals surface area contributed by atoms with Gasteiger partial charge in [-0.15, -0.1) is 24.0 Å². The maximum absolute atomic E-state index is 4.27. The summed E-state index contributed by atoms with van der Waals surface area (Å²) in [7, 11) is 1.86. The molecule has 3 nitrogen and oxygen atoms in total. The molecule has 4 heteroatoms. The van der Waals surface area contributed by atoms with E-state index in [4.69, 9.17) is 0 Å². The molecule has 2 fully saturated rings. The second kappa shape index (κ2) is 8.23. The second-order valence-electron chi connectivity index (χ2n) is 5.76. The van der Waals surface area contributed by atoms with Crippen molar-refractivity contribution in [2.45, 2.75) is 57.9 Å². The second-order valence-corrected chi connectivity index (χ2v) is 5.76. The molecule has 0 saturated heterocycles.